The van der Waals surface area contributed by atoms with Crippen LogP contribution in [0.5, 0.6) is 0 Å². The second-order valence-electron chi connectivity index (χ2n) is 3.82. The molecular formula is C14H13NO2. The Kier molecular flexibility index (Phi) is 3.50. The van der Waals surface area contributed by atoms with Crippen LogP contribution in [0.1, 0.15) is 21.5 Å². The van der Waals surface area contributed by atoms with Crippen LogP contribution in [-0.2, 0) is 12.8 Å². The van der Waals surface area contributed by atoms with Gasteiger partial charge in [0.2, 0.25) is 0 Å². The highest BCUT2D eigenvalue weighted by molar-refractivity contribution is 5.88. The fourth-order valence-electron chi connectivity index (χ4n) is 1.76. The van der Waals surface area contributed by atoms with Crippen LogP contribution < -0.4 is 0 Å². The largest absolute Gasteiger partial charge is 0.478 e. The Bertz CT molecular complexity index is 509. The van der Waals surface area contributed by atoms with E-state index in [2.05, 4.69) is 4.98 Å². The summed E-state index contributed by atoms with van der Waals surface area (Å²) in [4.78, 5) is 14.8. The lowest BCUT2D eigenvalue weighted by Gasteiger charge is -2.05. The maximum atomic E-state index is 11.0. The Labute approximate surface area is 99.8 Å². The van der Waals surface area contributed by atoms with Crippen LogP contribution in [-0.4, -0.2) is 16.1 Å². The van der Waals surface area contributed by atoms with Crippen molar-refractivity contribution in [3.05, 3.63) is 65.5 Å². The van der Waals surface area contributed by atoms with E-state index in [0.29, 0.717) is 12.0 Å². The molecule has 0 atom stereocenters. The van der Waals surface area contributed by atoms with E-state index < -0.39 is 5.97 Å². The van der Waals surface area contributed by atoms with Gasteiger partial charge in [-0.1, -0.05) is 30.3 Å². The minimum Gasteiger partial charge on any atom is -0.478 e. The Morgan fingerprint density at radius 2 is 1.88 bits per heavy atom. The van der Waals surface area contributed by atoms with Crippen molar-refractivity contribution in [2.24, 2.45) is 0 Å². The van der Waals surface area contributed by atoms with Crippen molar-refractivity contribution >= 4 is 5.97 Å². The highest BCUT2D eigenvalue weighted by Crippen LogP contribution is 2.11. The van der Waals surface area contributed by atoms with Gasteiger partial charge in [-0.2, -0.15) is 0 Å². The summed E-state index contributed by atoms with van der Waals surface area (Å²) in [5, 5.41) is 9.02. The van der Waals surface area contributed by atoms with Crippen molar-refractivity contribution in [1.29, 1.82) is 0 Å². The van der Waals surface area contributed by atoms with Crippen LogP contribution >= 0.6 is 0 Å². The van der Waals surface area contributed by atoms with Gasteiger partial charge in [-0.15, -0.1) is 0 Å². The molecule has 2 aromatic rings. The molecule has 0 radical (unpaired) electrons. The maximum Gasteiger partial charge on any atom is 0.337 e. The molecule has 86 valence electrons. The molecule has 0 spiro atoms. The molecule has 1 heterocycles. The van der Waals surface area contributed by atoms with Gasteiger partial charge >= 0.3 is 5.97 Å². The van der Waals surface area contributed by atoms with E-state index in [4.69, 9.17) is 5.11 Å². The Hall–Kier alpha value is -2.16. The van der Waals surface area contributed by atoms with Gasteiger partial charge in [-0.25, -0.2) is 4.79 Å². The van der Waals surface area contributed by atoms with Crippen LogP contribution in [0, 0.1) is 0 Å². The van der Waals surface area contributed by atoms with E-state index in [0.717, 1.165) is 12.0 Å². The van der Waals surface area contributed by atoms with E-state index in [1.165, 1.54) is 11.8 Å². The number of hydrogen-bond acceptors (Lipinski definition) is 2. The molecule has 1 N–H and O–H groups in total. The van der Waals surface area contributed by atoms with Crippen molar-refractivity contribution in [2.75, 3.05) is 0 Å². The predicted molar refractivity (Wildman–Crippen MR) is 65.0 cm³/mol. The van der Waals surface area contributed by atoms with Crippen molar-refractivity contribution in [3.63, 3.8) is 0 Å². The molecule has 0 aliphatic rings. The number of carbonyl (C=O) groups is 1. The third-order valence-corrected chi connectivity index (χ3v) is 2.67. The summed E-state index contributed by atoms with van der Waals surface area (Å²) in [6.45, 7) is 0. The number of carboxylic acids is 1. The third kappa shape index (κ3) is 2.91. The first-order chi connectivity index (χ1) is 8.27. The van der Waals surface area contributed by atoms with Gasteiger partial charge in [0.25, 0.3) is 0 Å². The second kappa shape index (κ2) is 5.25. The van der Waals surface area contributed by atoms with Crippen LogP contribution in [0.3, 0.4) is 0 Å². The first kappa shape index (κ1) is 11.3. The van der Waals surface area contributed by atoms with Gasteiger partial charge in [0.05, 0.1) is 5.56 Å². The molecule has 2 rings (SSSR count). The summed E-state index contributed by atoms with van der Waals surface area (Å²) in [6.07, 6.45) is 4.59. The summed E-state index contributed by atoms with van der Waals surface area (Å²) in [6, 6.07) is 11.8. The van der Waals surface area contributed by atoms with Crippen molar-refractivity contribution in [2.45, 2.75) is 12.8 Å². The molecule has 17 heavy (non-hydrogen) atoms. The van der Waals surface area contributed by atoms with Crippen LogP contribution in [0.2, 0.25) is 0 Å². The van der Waals surface area contributed by atoms with E-state index in [1.54, 1.807) is 12.3 Å². The van der Waals surface area contributed by atoms with Gasteiger partial charge in [0, 0.05) is 12.4 Å². The molecule has 0 unspecified atom stereocenters. The number of pyridine rings is 1. The molecule has 0 fully saturated rings. The number of rotatable bonds is 4. The third-order valence-electron chi connectivity index (χ3n) is 2.67. The number of aromatic carboxylic acids is 1. The van der Waals surface area contributed by atoms with Crippen molar-refractivity contribution in [1.82, 2.24) is 4.98 Å². The Morgan fingerprint density at radius 1 is 1.12 bits per heavy atom. The van der Waals surface area contributed by atoms with Crippen molar-refractivity contribution in [3.8, 4) is 0 Å². The van der Waals surface area contributed by atoms with E-state index >= 15 is 0 Å². The lowest BCUT2D eigenvalue weighted by atomic mass is 10.0. The smallest absolute Gasteiger partial charge is 0.337 e. The summed E-state index contributed by atoms with van der Waals surface area (Å²) in [5.41, 5.74) is 2.33. The number of nitrogens with zero attached hydrogens (tertiary/aromatic N) is 1. The zero-order chi connectivity index (χ0) is 12.1. The first-order valence-corrected chi connectivity index (χ1v) is 5.47. The van der Waals surface area contributed by atoms with Crippen molar-refractivity contribution < 1.29 is 9.90 Å². The maximum absolute atomic E-state index is 11.0. The molecule has 0 aliphatic heterocycles. The molecule has 0 bridgehead atoms. The number of benzene rings is 1. The SMILES string of the molecule is O=C(O)c1cnccc1CCc1ccccc1. The molecule has 1 aromatic carbocycles. The number of aryl methyl sites for hydroxylation is 2. The second-order valence-corrected chi connectivity index (χ2v) is 3.82. The topological polar surface area (TPSA) is 50.2 Å². The van der Waals surface area contributed by atoms with Gasteiger partial charge < -0.3 is 5.11 Å². The average Bonchev–Trinajstić information content (AvgIpc) is 2.38. The standard InChI is InChI=1S/C14H13NO2/c16-14(17)13-10-15-9-8-12(13)7-6-11-4-2-1-3-5-11/h1-5,8-10H,6-7H2,(H,16,17). The summed E-state index contributed by atoms with van der Waals surface area (Å²) >= 11 is 0. The van der Waals surface area contributed by atoms with Crippen LogP contribution in [0.15, 0.2) is 48.8 Å². The monoisotopic (exact) mass is 227 g/mol. The molecule has 0 saturated carbocycles. The van der Waals surface area contributed by atoms with Gasteiger partial charge in [-0.05, 0) is 30.0 Å². The quantitative estimate of drug-likeness (QED) is 0.873. The van der Waals surface area contributed by atoms with Gasteiger partial charge in [0.1, 0.15) is 0 Å². The van der Waals surface area contributed by atoms with E-state index in [9.17, 15) is 4.79 Å². The predicted octanol–water partition coefficient (Wildman–Crippen LogP) is 2.57. The zero-order valence-corrected chi connectivity index (χ0v) is 9.34. The van der Waals surface area contributed by atoms with Crippen LogP contribution in [0.4, 0.5) is 0 Å². The number of carboxylic acid groups (broad SMARTS) is 1. The normalized spacial score (nSPS) is 10.1. The Morgan fingerprint density at radius 3 is 2.59 bits per heavy atom. The first-order valence-electron chi connectivity index (χ1n) is 5.47. The highest BCUT2D eigenvalue weighted by atomic mass is 16.4. The molecular weight excluding hydrogens is 214 g/mol. The summed E-state index contributed by atoms with van der Waals surface area (Å²) in [7, 11) is 0. The Balaban J connectivity index is 2.12. The van der Waals surface area contributed by atoms with E-state index in [1.807, 2.05) is 30.3 Å². The highest BCUT2D eigenvalue weighted by Gasteiger charge is 2.09. The van der Waals surface area contributed by atoms with Gasteiger partial charge in [0.15, 0.2) is 0 Å². The van der Waals surface area contributed by atoms with E-state index in [-0.39, 0.29) is 0 Å². The molecule has 3 heteroatoms. The summed E-state index contributed by atoms with van der Waals surface area (Å²) in [5.74, 6) is -0.916. The zero-order valence-electron chi connectivity index (χ0n) is 9.34. The minimum absolute atomic E-state index is 0.295. The average molecular weight is 227 g/mol. The lowest BCUT2D eigenvalue weighted by Crippen LogP contribution is -2.04. The molecule has 0 saturated heterocycles. The van der Waals surface area contributed by atoms with Gasteiger partial charge in [-0.3, -0.25) is 4.98 Å². The molecule has 0 amide bonds. The van der Waals surface area contributed by atoms with Crippen LogP contribution in [0.25, 0.3) is 0 Å². The minimum atomic E-state index is -0.916. The molecule has 0 aliphatic carbocycles. The number of hydrogen-bond donors (Lipinski definition) is 1. The fraction of sp³-hybridized carbons (Fsp3) is 0.143. The summed E-state index contributed by atoms with van der Waals surface area (Å²) < 4.78 is 0. The number of aromatic nitrogens is 1. The molecule has 3 nitrogen and oxygen atoms in total. The lowest BCUT2D eigenvalue weighted by molar-refractivity contribution is 0.0695. The fourth-order valence-corrected chi connectivity index (χ4v) is 1.76. The molecule has 1 aromatic heterocycles.